The molecule has 11 heteroatoms. The monoisotopic (exact) mass is 737 g/mol. The molecule has 2 saturated heterocycles. The summed E-state index contributed by atoms with van der Waals surface area (Å²) in [5, 5.41) is 3.44. The number of H-pyrrole nitrogens is 2. The summed E-state index contributed by atoms with van der Waals surface area (Å²) >= 11 is 0. The summed E-state index contributed by atoms with van der Waals surface area (Å²) in [6.45, 7) is 9.24. The quantitative estimate of drug-likeness (QED) is 0.140. The molecule has 11 nitrogen and oxygen atoms in total. The van der Waals surface area contributed by atoms with Crippen molar-refractivity contribution in [3.05, 3.63) is 108 Å². The fourth-order valence-electron chi connectivity index (χ4n) is 8.27. The molecule has 0 bridgehead atoms. The maximum atomic E-state index is 13.9. The Kier molecular flexibility index (Phi) is 10.3. The first-order valence-corrected chi connectivity index (χ1v) is 19.7. The Morgan fingerprint density at radius 3 is 1.69 bits per heavy atom. The Bertz CT molecular complexity index is 2140. The molecule has 2 fully saturated rings. The van der Waals surface area contributed by atoms with E-state index in [4.69, 9.17) is 9.97 Å². The molecule has 2 aromatic heterocycles. The van der Waals surface area contributed by atoms with Crippen molar-refractivity contribution < 1.29 is 9.59 Å². The zero-order valence-electron chi connectivity index (χ0n) is 32.2. The lowest BCUT2D eigenvalue weighted by Crippen LogP contribution is -2.53. The molecule has 0 unspecified atom stereocenters. The van der Waals surface area contributed by atoms with E-state index < -0.39 is 0 Å². The molecule has 8 rings (SSSR count). The average molecular weight is 738 g/mol. The third kappa shape index (κ3) is 7.39. The van der Waals surface area contributed by atoms with E-state index in [9.17, 15) is 9.59 Å². The number of imidazole rings is 2. The number of aliphatic imine (C=N–C) groups is 1. The minimum absolute atomic E-state index is 0.0464. The van der Waals surface area contributed by atoms with E-state index in [1.54, 1.807) is 0 Å². The SMILES string of the molecule is CC(C)[C@H](NC1=NCCN1C)C(=O)N1CCC[C@H]1c1ncc(-c2ccc(-c3ccc(-c4cnc([C@@H]5CCCN5C(=O)[C@H](C)c5ccccc5)[nH]4)cc3)cc2)[nH]1. The molecule has 3 aromatic carbocycles. The summed E-state index contributed by atoms with van der Waals surface area (Å²) in [5.74, 6) is 2.64. The number of carbonyl (C=O) groups excluding carboxylic acids is 2. The van der Waals surface area contributed by atoms with Gasteiger partial charge in [0.05, 0.1) is 48.3 Å². The van der Waals surface area contributed by atoms with E-state index >= 15 is 0 Å². The number of likely N-dealkylation sites (tertiary alicyclic amines) is 2. The van der Waals surface area contributed by atoms with Crippen LogP contribution in [-0.2, 0) is 9.59 Å². The van der Waals surface area contributed by atoms with E-state index in [1.807, 2.05) is 66.5 Å². The highest BCUT2D eigenvalue weighted by molar-refractivity contribution is 5.90. The van der Waals surface area contributed by atoms with Gasteiger partial charge in [0, 0.05) is 26.7 Å². The number of hydrogen-bond donors (Lipinski definition) is 3. The van der Waals surface area contributed by atoms with Gasteiger partial charge in [-0.3, -0.25) is 14.6 Å². The molecular formula is C44H51N9O2. The Balaban J connectivity index is 0.913. The molecule has 3 N–H and O–H groups in total. The molecule has 4 atom stereocenters. The van der Waals surface area contributed by atoms with Gasteiger partial charge in [-0.1, -0.05) is 92.7 Å². The Morgan fingerprint density at radius 2 is 1.20 bits per heavy atom. The molecule has 0 radical (unpaired) electrons. The molecule has 284 valence electrons. The van der Waals surface area contributed by atoms with Gasteiger partial charge in [-0.25, -0.2) is 9.97 Å². The molecule has 5 aromatic rings. The maximum Gasteiger partial charge on any atom is 0.246 e. The number of nitrogens with zero attached hydrogens (tertiary/aromatic N) is 6. The number of guanidine groups is 1. The zero-order chi connectivity index (χ0) is 38.1. The largest absolute Gasteiger partial charge is 0.344 e. The van der Waals surface area contributed by atoms with Crippen LogP contribution in [0.5, 0.6) is 0 Å². The summed E-state index contributed by atoms with van der Waals surface area (Å²) in [5.41, 5.74) is 7.24. The molecule has 2 amide bonds. The molecule has 55 heavy (non-hydrogen) atoms. The van der Waals surface area contributed by atoms with Crippen molar-refractivity contribution in [1.82, 2.24) is 40.0 Å². The van der Waals surface area contributed by atoms with Gasteiger partial charge >= 0.3 is 0 Å². The first-order chi connectivity index (χ1) is 26.7. The van der Waals surface area contributed by atoms with Crippen LogP contribution in [0.25, 0.3) is 33.6 Å². The molecule has 0 aliphatic carbocycles. The van der Waals surface area contributed by atoms with Gasteiger partial charge in [0.1, 0.15) is 17.7 Å². The second kappa shape index (κ2) is 15.6. The van der Waals surface area contributed by atoms with Gasteiger partial charge in [-0.15, -0.1) is 0 Å². The van der Waals surface area contributed by atoms with Crippen molar-refractivity contribution in [3.63, 3.8) is 0 Å². The normalized spacial score (nSPS) is 19.6. The lowest BCUT2D eigenvalue weighted by Gasteiger charge is -2.31. The number of carbonyl (C=O) groups is 2. The van der Waals surface area contributed by atoms with E-state index in [2.05, 4.69) is 87.6 Å². The number of likely N-dealkylation sites (N-methyl/N-ethyl adjacent to an activating group) is 1. The smallest absolute Gasteiger partial charge is 0.246 e. The number of aromatic amines is 2. The van der Waals surface area contributed by atoms with Crippen LogP contribution in [0.3, 0.4) is 0 Å². The topological polar surface area (TPSA) is 126 Å². The first-order valence-electron chi connectivity index (χ1n) is 19.7. The van der Waals surface area contributed by atoms with Crippen LogP contribution in [0.15, 0.2) is 96.2 Å². The van der Waals surface area contributed by atoms with Crippen molar-refractivity contribution in [3.8, 4) is 33.6 Å². The molecule has 0 saturated carbocycles. The molecule has 0 spiro atoms. The highest BCUT2D eigenvalue weighted by Gasteiger charge is 2.38. The average Bonchev–Trinajstić information content (AvgIpc) is 4.07. The molecular weight excluding hydrogens is 687 g/mol. The lowest BCUT2D eigenvalue weighted by atomic mass is 9.99. The van der Waals surface area contributed by atoms with Gasteiger partial charge in [0.15, 0.2) is 5.96 Å². The Labute approximate surface area is 323 Å². The van der Waals surface area contributed by atoms with Crippen LogP contribution in [0, 0.1) is 5.92 Å². The fraction of sp³-hybridized carbons (Fsp3) is 0.386. The summed E-state index contributed by atoms with van der Waals surface area (Å²) < 4.78 is 0. The second-order valence-electron chi connectivity index (χ2n) is 15.5. The Hall–Kier alpha value is -5.71. The van der Waals surface area contributed by atoms with Gasteiger partial charge in [0.2, 0.25) is 11.8 Å². The lowest BCUT2D eigenvalue weighted by molar-refractivity contribution is -0.135. The van der Waals surface area contributed by atoms with Gasteiger partial charge in [-0.05, 0) is 66.3 Å². The predicted octanol–water partition coefficient (Wildman–Crippen LogP) is 7.18. The second-order valence-corrected chi connectivity index (χ2v) is 15.5. The van der Waals surface area contributed by atoms with Crippen LogP contribution in [-0.4, -0.2) is 91.7 Å². The van der Waals surface area contributed by atoms with Crippen molar-refractivity contribution in [1.29, 1.82) is 0 Å². The maximum absolute atomic E-state index is 13.9. The highest BCUT2D eigenvalue weighted by Crippen LogP contribution is 2.36. The highest BCUT2D eigenvalue weighted by atomic mass is 16.2. The van der Waals surface area contributed by atoms with Crippen LogP contribution in [0.4, 0.5) is 0 Å². The van der Waals surface area contributed by atoms with E-state index in [1.165, 1.54) is 0 Å². The molecule has 3 aliphatic rings. The number of nitrogens with one attached hydrogen (secondary N) is 3. The van der Waals surface area contributed by atoms with Crippen molar-refractivity contribution in [2.24, 2.45) is 10.9 Å². The van der Waals surface area contributed by atoms with Gasteiger partial charge in [-0.2, -0.15) is 0 Å². The van der Waals surface area contributed by atoms with E-state index in [0.29, 0.717) is 0 Å². The summed E-state index contributed by atoms with van der Waals surface area (Å²) in [7, 11) is 2.01. The number of benzene rings is 3. The minimum Gasteiger partial charge on any atom is -0.344 e. The molecule has 3 aliphatic heterocycles. The third-order valence-corrected chi connectivity index (χ3v) is 11.6. The summed E-state index contributed by atoms with van der Waals surface area (Å²) in [6, 6.07) is 26.5. The first kappa shape index (κ1) is 36.3. The Morgan fingerprint density at radius 1 is 0.691 bits per heavy atom. The molecule has 5 heterocycles. The van der Waals surface area contributed by atoms with Gasteiger partial charge in [0.25, 0.3) is 0 Å². The van der Waals surface area contributed by atoms with Crippen LogP contribution in [0.1, 0.15) is 81.7 Å². The van der Waals surface area contributed by atoms with E-state index in [-0.39, 0.29) is 41.8 Å². The van der Waals surface area contributed by atoms with Crippen LogP contribution in [0.2, 0.25) is 0 Å². The number of rotatable bonds is 10. The summed E-state index contributed by atoms with van der Waals surface area (Å²) in [6.07, 6.45) is 7.45. The van der Waals surface area contributed by atoms with Gasteiger partial charge < -0.3 is 30.0 Å². The third-order valence-electron chi connectivity index (χ3n) is 11.6. The van der Waals surface area contributed by atoms with Crippen molar-refractivity contribution in [2.45, 2.75) is 70.5 Å². The standard InChI is InChI=1S/C44H51N9O2/c1-28(2)39(50-44-45-22-25-51(44)4)43(55)53-24-9-13-38(53)41-47-27-36(49-41)34-20-16-32(17-21-34)31-14-18-33(19-15-31)35-26-46-40(48-35)37-12-8-23-52(37)42(54)29(3)30-10-6-5-7-11-30/h5-7,10-11,14-21,26-29,37-39H,8-9,12-13,22-25H2,1-4H3,(H,45,50)(H,46,48)(H,47,49)/t29-,37+,38+,39+/m1/s1. The summed E-state index contributed by atoms with van der Waals surface area (Å²) in [4.78, 5) is 54.6. The number of hydrogen-bond acceptors (Lipinski definition) is 7. The minimum atomic E-state index is -0.345. The fourth-order valence-corrected chi connectivity index (χ4v) is 8.27. The number of amides is 2. The predicted molar refractivity (Wildman–Crippen MR) is 216 cm³/mol. The number of aromatic nitrogens is 4. The van der Waals surface area contributed by atoms with Crippen molar-refractivity contribution >= 4 is 17.8 Å². The van der Waals surface area contributed by atoms with Crippen LogP contribution < -0.4 is 5.32 Å². The van der Waals surface area contributed by atoms with E-state index in [0.717, 1.165) is 109 Å². The van der Waals surface area contributed by atoms with Crippen molar-refractivity contribution in [2.75, 3.05) is 33.2 Å². The van der Waals surface area contributed by atoms with Crippen LogP contribution >= 0.6 is 0 Å². The zero-order valence-corrected chi connectivity index (χ0v) is 32.2.